The van der Waals surface area contributed by atoms with E-state index in [0.29, 0.717) is 31.3 Å². The zero-order chi connectivity index (χ0) is 17.4. The molecule has 0 bridgehead atoms. The molecule has 3 aromatic rings. The summed E-state index contributed by atoms with van der Waals surface area (Å²) in [6, 6.07) is 5.35. The van der Waals surface area contributed by atoms with Crippen molar-refractivity contribution in [3.8, 4) is 11.7 Å². The van der Waals surface area contributed by atoms with Crippen molar-refractivity contribution in [2.75, 3.05) is 6.54 Å². The zero-order valence-corrected chi connectivity index (χ0v) is 14.4. The number of aryl methyl sites for hydroxylation is 2. The lowest BCUT2D eigenvalue weighted by Crippen LogP contribution is -2.34. The lowest BCUT2D eigenvalue weighted by atomic mass is 10.1. The SMILES string of the molecule is CCn1nc2c(cc1=O)CN(Cc1nc(-c3ccco3)oc1C)CC2. The van der Waals surface area contributed by atoms with E-state index in [-0.39, 0.29) is 5.56 Å². The van der Waals surface area contributed by atoms with Crippen LogP contribution in [0.15, 0.2) is 38.1 Å². The van der Waals surface area contributed by atoms with Gasteiger partial charge in [-0.05, 0) is 31.5 Å². The van der Waals surface area contributed by atoms with Crippen LogP contribution in [0.2, 0.25) is 0 Å². The molecule has 3 aromatic heterocycles. The molecule has 7 nitrogen and oxygen atoms in total. The van der Waals surface area contributed by atoms with Gasteiger partial charge in [0.1, 0.15) is 5.76 Å². The minimum absolute atomic E-state index is 0.0409. The van der Waals surface area contributed by atoms with Gasteiger partial charge in [0.05, 0.1) is 17.7 Å². The van der Waals surface area contributed by atoms with Gasteiger partial charge in [-0.25, -0.2) is 9.67 Å². The fourth-order valence-electron chi connectivity index (χ4n) is 3.15. The molecular formula is C18H20N4O3. The molecule has 0 atom stereocenters. The summed E-state index contributed by atoms with van der Waals surface area (Å²) in [5.41, 5.74) is 2.88. The third-order valence-electron chi connectivity index (χ3n) is 4.52. The van der Waals surface area contributed by atoms with Crippen LogP contribution >= 0.6 is 0 Å². The maximum absolute atomic E-state index is 12.0. The summed E-state index contributed by atoms with van der Waals surface area (Å²) in [4.78, 5) is 18.8. The number of hydrogen-bond acceptors (Lipinski definition) is 6. The second kappa shape index (κ2) is 6.33. The first-order valence-electron chi connectivity index (χ1n) is 8.46. The number of oxazole rings is 1. The van der Waals surface area contributed by atoms with Crippen molar-refractivity contribution in [2.24, 2.45) is 0 Å². The second-order valence-electron chi connectivity index (χ2n) is 6.23. The summed E-state index contributed by atoms with van der Waals surface area (Å²) in [6.07, 6.45) is 2.43. The van der Waals surface area contributed by atoms with Crippen molar-refractivity contribution >= 4 is 0 Å². The summed E-state index contributed by atoms with van der Waals surface area (Å²) in [7, 11) is 0. The minimum Gasteiger partial charge on any atom is -0.459 e. The van der Waals surface area contributed by atoms with Crippen LogP contribution in [0.3, 0.4) is 0 Å². The molecule has 0 amide bonds. The van der Waals surface area contributed by atoms with Crippen LogP contribution in [-0.4, -0.2) is 26.2 Å². The van der Waals surface area contributed by atoms with E-state index in [2.05, 4.69) is 15.0 Å². The maximum Gasteiger partial charge on any atom is 0.267 e. The number of hydrogen-bond donors (Lipinski definition) is 0. The molecular weight excluding hydrogens is 320 g/mol. The highest BCUT2D eigenvalue weighted by atomic mass is 16.4. The van der Waals surface area contributed by atoms with E-state index in [1.807, 2.05) is 26.0 Å². The zero-order valence-electron chi connectivity index (χ0n) is 14.4. The van der Waals surface area contributed by atoms with Crippen LogP contribution < -0.4 is 5.56 Å². The van der Waals surface area contributed by atoms with Gasteiger partial charge in [0.2, 0.25) is 0 Å². The third kappa shape index (κ3) is 3.02. The van der Waals surface area contributed by atoms with E-state index in [0.717, 1.165) is 35.7 Å². The van der Waals surface area contributed by atoms with E-state index >= 15 is 0 Å². The van der Waals surface area contributed by atoms with Crippen molar-refractivity contribution in [1.29, 1.82) is 0 Å². The Morgan fingerprint density at radius 3 is 3.00 bits per heavy atom. The summed E-state index contributed by atoms with van der Waals surface area (Å²) in [5.74, 6) is 1.92. The first-order chi connectivity index (χ1) is 12.1. The number of nitrogens with zero attached hydrogens (tertiary/aromatic N) is 4. The predicted molar refractivity (Wildman–Crippen MR) is 90.9 cm³/mol. The van der Waals surface area contributed by atoms with E-state index in [4.69, 9.17) is 8.83 Å². The molecule has 1 aliphatic rings. The summed E-state index contributed by atoms with van der Waals surface area (Å²) in [6.45, 7) is 6.69. The molecule has 0 saturated carbocycles. The standard InChI is InChI=1S/C18H20N4O3/c1-3-22-17(23)9-13-10-21(7-6-14(13)20-22)11-15-12(2)25-18(19-15)16-5-4-8-24-16/h4-5,8-9H,3,6-7,10-11H2,1-2H3. The first-order valence-corrected chi connectivity index (χ1v) is 8.46. The van der Waals surface area contributed by atoms with Gasteiger partial charge in [-0.2, -0.15) is 5.10 Å². The van der Waals surface area contributed by atoms with Gasteiger partial charge in [0.15, 0.2) is 5.76 Å². The van der Waals surface area contributed by atoms with Crippen molar-refractivity contribution in [2.45, 2.75) is 39.9 Å². The highest BCUT2D eigenvalue weighted by molar-refractivity contribution is 5.44. The second-order valence-corrected chi connectivity index (χ2v) is 6.23. The lowest BCUT2D eigenvalue weighted by molar-refractivity contribution is 0.237. The number of fused-ring (bicyclic) bond motifs is 1. The summed E-state index contributed by atoms with van der Waals surface area (Å²) >= 11 is 0. The van der Waals surface area contributed by atoms with Gasteiger partial charge in [-0.3, -0.25) is 9.69 Å². The fourth-order valence-corrected chi connectivity index (χ4v) is 3.15. The Balaban J connectivity index is 1.53. The van der Waals surface area contributed by atoms with Crippen LogP contribution in [0.1, 0.15) is 29.6 Å². The quantitative estimate of drug-likeness (QED) is 0.726. The van der Waals surface area contributed by atoms with E-state index in [1.165, 1.54) is 4.68 Å². The number of rotatable bonds is 4. The van der Waals surface area contributed by atoms with Gasteiger partial charge >= 0.3 is 0 Å². The molecule has 0 radical (unpaired) electrons. The summed E-state index contributed by atoms with van der Waals surface area (Å²) in [5, 5.41) is 4.46. The van der Waals surface area contributed by atoms with Gasteiger partial charge in [0.25, 0.3) is 11.4 Å². The molecule has 130 valence electrons. The van der Waals surface area contributed by atoms with Crippen molar-refractivity contribution in [1.82, 2.24) is 19.7 Å². The van der Waals surface area contributed by atoms with Gasteiger partial charge < -0.3 is 8.83 Å². The van der Waals surface area contributed by atoms with E-state index in [1.54, 1.807) is 12.3 Å². The monoisotopic (exact) mass is 340 g/mol. The van der Waals surface area contributed by atoms with Crippen LogP contribution in [0, 0.1) is 6.92 Å². The molecule has 4 heterocycles. The molecule has 0 aliphatic carbocycles. The van der Waals surface area contributed by atoms with Crippen LogP contribution in [-0.2, 0) is 26.1 Å². The Kier molecular flexibility index (Phi) is 4.01. The van der Waals surface area contributed by atoms with Crippen molar-refractivity contribution in [3.05, 3.63) is 57.5 Å². The van der Waals surface area contributed by atoms with Gasteiger partial charge in [0, 0.05) is 38.7 Å². The molecule has 1 aliphatic heterocycles. The normalized spacial score (nSPS) is 14.6. The molecule has 25 heavy (non-hydrogen) atoms. The van der Waals surface area contributed by atoms with Crippen molar-refractivity contribution in [3.63, 3.8) is 0 Å². The minimum atomic E-state index is -0.0409. The first kappa shape index (κ1) is 15.8. The Labute approximate surface area is 144 Å². The highest BCUT2D eigenvalue weighted by Crippen LogP contribution is 2.24. The fraction of sp³-hybridized carbons (Fsp3) is 0.389. The highest BCUT2D eigenvalue weighted by Gasteiger charge is 2.22. The van der Waals surface area contributed by atoms with Crippen molar-refractivity contribution < 1.29 is 8.83 Å². The molecule has 0 fully saturated rings. The average Bonchev–Trinajstić information content (AvgIpc) is 3.24. The Hall–Kier alpha value is -2.67. The lowest BCUT2D eigenvalue weighted by Gasteiger charge is -2.27. The van der Waals surface area contributed by atoms with Crippen LogP contribution in [0.4, 0.5) is 0 Å². The third-order valence-corrected chi connectivity index (χ3v) is 4.52. The Morgan fingerprint density at radius 1 is 1.36 bits per heavy atom. The molecule has 0 aromatic carbocycles. The molecule has 4 rings (SSSR count). The molecule has 0 unspecified atom stereocenters. The van der Waals surface area contributed by atoms with E-state index in [9.17, 15) is 4.79 Å². The predicted octanol–water partition coefficient (Wildman–Crippen LogP) is 2.38. The average molecular weight is 340 g/mol. The van der Waals surface area contributed by atoms with Gasteiger partial charge in [-0.15, -0.1) is 0 Å². The largest absolute Gasteiger partial charge is 0.459 e. The topological polar surface area (TPSA) is 77.3 Å². The summed E-state index contributed by atoms with van der Waals surface area (Å²) < 4.78 is 12.6. The Bertz CT molecular complexity index is 940. The number of aromatic nitrogens is 3. The molecule has 0 N–H and O–H groups in total. The molecule has 0 saturated heterocycles. The smallest absolute Gasteiger partial charge is 0.267 e. The van der Waals surface area contributed by atoms with Crippen LogP contribution in [0.25, 0.3) is 11.7 Å². The van der Waals surface area contributed by atoms with Crippen LogP contribution in [0.5, 0.6) is 0 Å². The van der Waals surface area contributed by atoms with Gasteiger partial charge in [-0.1, -0.05) is 0 Å². The van der Waals surface area contributed by atoms with E-state index < -0.39 is 0 Å². The number of furan rings is 1. The Morgan fingerprint density at radius 2 is 2.24 bits per heavy atom. The maximum atomic E-state index is 12.0. The molecule has 0 spiro atoms. The molecule has 7 heteroatoms.